The SMILES string of the molecule is C=C1C(c2cccnc2)C1(C)C. The first kappa shape index (κ1) is 7.53. The molecule has 1 atom stereocenters. The molecule has 1 fully saturated rings. The first-order chi connectivity index (χ1) is 5.64. The fourth-order valence-corrected chi connectivity index (χ4v) is 1.80. The molecule has 1 aromatic heterocycles. The van der Waals surface area contributed by atoms with Gasteiger partial charge in [-0.05, 0) is 17.0 Å². The van der Waals surface area contributed by atoms with Crippen LogP contribution in [0.1, 0.15) is 25.3 Å². The van der Waals surface area contributed by atoms with E-state index in [4.69, 9.17) is 0 Å². The largest absolute Gasteiger partial charge is 0.264 e. The van der Waals surface area contributed by atoms with Gasteiger partial charge in [0.1, 0.15) is 0 Å². The van der Waals surface area contributed by atoms with Gasteiger partial charge in [0, 0.05) is 18.3 Å². The monoisotopic (exact) mass is 159 g/mol. The third-order valence-corrected chi connectivity index (χ3v) is 2.83. The molecule has 0 aromatic carbocycles. The minimum atomic E-state index is 0.295. The number of hydrogen-bond donors (Lipinski definition) is 0. The lowest BCUT2D eigenvalue weighted by Gasteiger charge is -1.99. The van der Waals surface area contributed by atoms with Crippen LogP contribution in [0.4, 0.5) is 0 Å². The molecule has 0 amide bonds. The number of pyridine rings is 1. The van der Waals surface area contributed by atoms with E-state index in [0.717, 1.165) is 0 Å². The van der Waals surface area contributed by atoms with Crippen LogP contribution in [0, 0.1) is 5.41 Å². The zero-order chi connectivity index (χ0) is 8.77. The summed E-state index contributed by atoms with van der Waals surface area (Å²) in [7, 11) is 0. The van der Waals surface area contributed by atoms with Gasteiger partial charge in [-0.2, -0.15) is 0 Å². The molecule has 0 bridgehead atoms. The number of aromatic nitrogens is 1. The van der Waals surface area contributed by atoms with Crippen LogP contribution in [0.15, 0.2) is 36.7 Å². The van der Waals surface area contributed by atoms with Crippen LogP contribution in [0.3, 0.4) is 0 Å². The van der Waals surface area contributed by atoms with Gasteiger partial charge >= 0.3 is 0 Å². The summed E-state index contributed by atoms with van der Waals surface area (Å²) in [6.07, 6.45) is 3.74. The molecule has 0 spiro atoms. The highest BCUT2D eigenvalue weighted by molar-refractivity contribution is 5.46. The molecule has 1 heteroatoms. The summed E-state index contributed by atoms with van der Waals surface area (Å²) >= 11 is 0. The van der Waals surface area contributed by atoms with Gasteiger partial charge in [0.25, 0.3) is 0 Å². The Morgan fingerprint density at radius 1 is 1.50 bits per heavy atom. The molecule has 0 saturated heterocycles. The predicted molar refractivity (Wildman–Crippen MR) is 49.9 cm³/mol. The normalized spacial score (nSPS) is 25.5. The standard InChI is InChI=1S/C11H13N/c1-8-10(11(8,2)3)9-5-4-6-12-7-9/h4-7,10H,1H2,2-3H3. The quantitative estimate of drug-likeness (QED) is 0.574. The second-order valence-corrected chi connectivity index (χ2v) is 3.97. The Bertz CT molecular complexity index is 311. The van der Waals surface area contributed by atoms with E-state index in [1.807, 2.05) is 18.5 Å². The van der Waals surface area contributed by atoms with E-state index < -0.39 is 0 Å². The highest BCUT2D eigenvalue weighted by Gasteiger charge is 2.51. The molecule has 1 unspecified atom stereocenters. The van der Waals surface area contributed by atoms with Crippen molar-refractivity contribution in [2.45, 2.75) is 19.8 Å². The second kappa shape index (κ2) is 2.19. The first-order valence-electron chi connectivity index (χ1n) is 4.23. The summed E-state index contributed by atoms with van der Waals surface area (Å²) in [5.74, 6) is 0.534. The van der Waals surface area contributed by atoms with E-state index in [1.165, 1.54) is 11.1 Å². The van der Waals surface area contributed by atoms with E-state index in [2.05, 4.69) is 31.5 Å². The van der Waals surface area contributed by atoms with Crippen molar-refractivity contribution in [3.05, 3.63) is 42.2 Å². The van der Waals surface area contributed by atoms with Crippen molar-refractivity contribution in [3.63, 3.8) is 0 Å². The highest BCUT2D eigenvalue weighted by Crippen LogP contribution is 2.62. The average molecular weight is 159 g/mol. The molecule has 0 aliphatic heterocycles. The van der Waals surface area contributed by atoms with E-state index in [9.17, 15) is 0 Å². The molecule has 1 aliphatic rings. The van der Waals surface area contributed by atoms with E-state index >= 15 is 0 Å². The maximum absolute atomic E-state index is 4.10. The van der Waals surface area contributed by atoms with E-state index in [1.54, 1.807) is 0 Å². The van der Waals surface area contributed by atoms with Gasteiger partial charge < -0.3 is 0 Å². The Morgan fingerprint density at radius 2 is 2.17 bits per heavy atom. The van der Waals surface area contributed by atoms with Crippen molar-refractivity contribution >= 4 is 0 Å². The Kier molecular flexibility index (Phi) is 1.38. The lowest BCUT2D eigenvalue weighted by atomic mass is 10.1. The molecule has 0 N–H and O–H groups in total. The van der Waals surface area contributed by atoms with Crippen LogP contribution in [0.5, 0.6) is 0 Å². The fourth-order valence-electron chi connectivity index (χ4n) is 1.80. The van der Waals surface area contributed by atoms with Crippen LogP contribution in [-0.4, -0.2) is 4.98 Å². The van der Waals surface area contributed by atoms with Crippen molar-refractivity contribution in [3.8, 4) is 0 Å². The molecule has 1 heterocycles. The van der Waals surface area contributed by atoms with Gasteiger partial charge in [-0.25, -0.2) is 0 Å². The molecule has 62 valence electrons. The van der Waals surface area contributed by atoms with Crippen molar-refractivity contribution in [1.82, 2.24) is 4.98 Å². The number of hydrogen-bond acceptors (Lipinski definition) is 1. The van der Waals surface area contributed by atoms with Gasteiger partial charge in [-0.15, -0.1) is 0 Å². The van der Waals surface area contributed by atoms with Gasteiger partial charge in [-0.3, -0.25) is 4.98 Å². The Morgan fingerprint density at radius 3 is 2.58 bits per heavy atom. The summed E-state index contributed by atoms with van der Waals surface area (Å²) in [5.41, 5.74) is 2.92. The molecular weight excluding hydrogens is 146 g/mol. The molecule has 1 saturated carbocycles. The fraction of sp³-hybridized carbons (Fsp3) is 0.364. The molecule has 1 aliphatic carbocycles. The Balaban J connectivity index is 2.31. The summed E-state index contributed by atoms with van der Waals surface area (Å²) < 4.78 is 0. The highest BCUT2D eigenvalue weighted by atomic mass is 14.6. The maximum atomic E-state index is 4.10. The van der Waals surface area contributed by atoms with Gasteiger partial charge in [0.05, 0.1) is 0 Å². The molecule has 1 aromatic rings. The third-order valence-electron chi connectivity index (χ3n) is 2.83. The van der Waals surface area contributed by atoms with E-state index in [-0.39, 0.29) is 0 Å². The Hall–Kier alpha value is -1.11. The van der Waals surface area contributed by atoms with Crippen molar-refractivity contribution in [2.24, 2.45) is 5.41 Å². The second-order valence-electron chi connectivity index (χ2n) is 3.97. The van der Waals surface area contributed by atoms with Crippen LogP contribution >= 0.6 is 0 Å². The van der Waals surface area contributed by atoms with Crippen LogP contribution in [0.2, 0.25) is 0 Å². The summed E-state index contributed by atoms with van der Waals surface area (Å²) in [6, 6.07) is 4.11. The lowest BCUT2D eigenvalue weighted by Crippen LogP contribution is -1.89. The van der Waals surface area contributed by atoms with E-state index in [0.29, 0.717) is 11.3 Å². The summed E-state index contributed by atoms with van der Waals surface area (Å²) in [5, 5.41) is 0. The van der Waals surface area contributed by atoms with Crippen LogP contribution in [-0.2, 0) is 0 Å². The van der Waals surface area contributed by atoms with Crippen LogP contribution < -0.4 is 0 Å². The zero-order valence-corrected chi connectivity index (χ0v) is 7.54. The van der Waals surface area contributed by atoms with Crippen molar-refractivity contribution in [2.75, 3.05) is 0 Å². The zero-order valence-electron chi connectivity index (χ0n) is 7.54. The van der Waals surface area contributed by atoms with Gasteiger partial charge in [-0.1, -0.05) is 32.1 Å². The molecule has 2 rings (SSSR count). The van der Waals surface area contributed by atoms with Crippen molar-refractivity contribution in [1.29, 1.82) is 0 Å². The molecule has 0 radical (unpaired) electrons. The molecular formula is C11H13N. The summed E-state index contributed by atoms with van der Waals surface area (Å²) in [6.45, 7) is 8.51. The number of allylic oxidation sites excluding steroid dienone is 1. The van der Waals surface area contributed by atoms with Gasteiger partial charge in [0.2, 0.25) is 0 Å². The lowest BCUT2D eigenvalue weighted by molar-refractivity contribution is 0.641. The Labute approximate surface area is 73.1 Å². The number of rotatable bonds is 1. The predicted octanol–water partition coefficient (Wildman–Crippen LogP) is 2.76. The molecule has 12 heavy (non-hydrogen) atoms. The first-order valence-corrected chi connectivity index (χ1v) is 4.23. The molecule has 1 nitrogen and oxygen atoms in total. The smallest absolute Gasteiger partial charge is 0.0306 e. The van der Waals surface area contributed by atoms with Crippen molar-refractivity contribution < 1.29 is 0 Å². The summed E-state index contributed by atoms with van der Waals surface area (Å²) in [4.78, 5) is 4.10. The minimum Gasteiger partial charge on any atom is -0.264 e. The minimum absolute atomic E-state index is 0.295. The third kappa shape index (κ3) is 0.893. The van der Waals surface area contributed by atoms with Gasteiger partial charge in [0.15, 0.2) is 0 Å². The maximum Gasteiger partial charge on any atom is 0.0306 e. The number of nitrogens with zero attached hydrogens (tertiary/aromatic N) is 1. The average Bonchev–Trinajstić information content (AvgIpc) is 2.53. The van der Waals surface area contributed by atoms with Crippen LogP contribution in [0.25, 0.3) is 0 Å². The topological polar surface area (TPSA) is 12.9 Å².